The van der Waals surface area contributed by atoms with Crippen molar-refractivity contribution in [2.75, 3.05) is 24.4 Å². The number of carbonyl (C=O) groups is 3. The van der Waals surface area contributed by atoms with Gasteiger partial charge in [0, 0.05) is 28.6 Å². The molecule has 1 aromatic heterocycles. The second kappa shape index (κ2) is 12.3. The van der Waals surface area contributed by atoms with Crippen LogP contribution in [0, 0.1) is 16.0 Å². The highest BCUT2D eigenvalue weighted by atomic mass is 32.2. The van der Waals surface area contributed by atoms with Gasteiger partial charge in [-0.2, -0.15) is 0 Å². The molecular weight excluding hydrogens is 657 g/mol. The van der Waals surface area contributed by atoms with Crippen LogP contribution in [0.1, 0.15) is 16.4 Å². The number of ether oxygens (including phenoxy) is 2. The molecule has 48 heavy (non-hydrogen) atoms. The lowest BCUT2D eigenvalue weighted by Crippen LogP contribution is -2.33. The number of anilines is 2. The number of nitrogens with zero attached hydrogens (tertiary/aromatic N) is 3. The van der Waals surface area contributed by atoms with Gasteiger partial charge in [0.1, 0.15) is 11.8 Å². The van der Waals surface area contributed by atoms with Crippen molar-refractivity contribution in [3.8, 4) is 11.5 Å². The molecular formula is C34H26N4O8S2. The van der Waals surface area contributed by atoms with E-state index in [1.807, 2.05) is 36.4 Å². The van der Waals surface area contributed by atoms with Crippen LogP contribution in [-0.2, 0) is 20.9 Å². The summed E-state index contributed by atoms with van der Waals surface area (Å²) < 4.78 is 12.3. The number of nitro groups is 1. The van der Waals surface area contributed by atoms with Crippen LogP contribution in [0.2, 0.25) is 0 Å². The van der Waals surface area contributed by atoms with E-state index in [1.54, 1.807) is 24.3 Å². The number of hydrogen-bond acceptors (Lipinski definition) is 10. The fourth-order valence-electron chi connectivity index (χ4n) is 6.25. The number of fused-ring (bicyclic) bond motifs is 3. The number of non-ortho nitro benzene ring substituents is 1. The number of aromatic nitrogens is 1. The van der Waals surface area contributed by atoms with Crippen molar-refractivity contribution >= 4 is 68.7 Å². The Kier molecular flexibility index (Phi) is 7.97. The Hall–Kier alpha value is -5.47. The molecule has 1 fully saturated rings. The zero-order chi connectivity index (χ0) is 33.7. The van der Waals surface area contributed by atoms with Gasteiger partial charge in [-0.05, 0) is 52.7 Å². The molecule has 0 radical (unpaired) electrons. The molecule has 3 amide bonds. The maximum Gasteiger partial charge on any atom is 0.308 e. The number of amides is 3. The second-order valence-electron chi connectivity index (χ2n) is 11.2. The first kappa shape index (κ1) is 31.1. The molecule has 1 saturated heterocycles. The predicted octanol–water partition coefficient (Wildman–Crippen LogP) is 5.42. The molecule has 2 aliphatic heterocycles. The average Bonchev–Trinajstić information content (AvgIpc) is 3.53. The molecule has 14 heteroatoms. The third-order valence-electron chi connectivity index (χ3n) is 8.47. The lowest BCUT2D eigenvalue weighted by atomic mass is 9.83. The summed E-state index contributed by atoms with van der Waals surface area (Å²) in [5.41, 5.74) is 1.21. The van der Waals surface area contributed by atoms with Gasteiger partial charge in [0.15, 0.2) is 11.5 Å². The molecule has 3 heterocycles. The van der Waals surface area contributed by atoms with E-state index in [0.29, 0.717) is 32.7 Å². The number of imide groups is 1. The van der Waals surface area contributed by atoms with Gasteiger partial charge < -0.3 is 14.8 Å². The lowest BCUT2D eigenvalue weighted by molar-refractivity contribution is -0.384. The first-order valence-electron chi connectivity index (χ1n) is 14.7. The van der Waals surface area contributed by atoms with Crippen molar-refractivity contribution in [2.45, 2.75) is 22.7 Å². The Bertz CT molecular complexity index is 2200. The average molecular weight is 683 g/mol. The monoisotopic (exact) mass is 682 g/mol. The molecule has 2 unspecified atom stereocenters. The smallest absolute Gasteiger partial charge is 0.308 e. The first-order chi connectivity index (χ1) is 23.2. The zero-order valence-corrected chi connectivity index (χ0v) is 27.1. The van der Waals surface area contributed by atoms with Gasteiger partial charge in [0.2, 0.25) is 17.7 Å². The van der Waals surface area contributed by atoms with Crippen LogP contribution in [0.15, 0.2) is 94.7 Å². The summed E-state index contributed by atoms with van der Waals surface area (Å²) in [6.45, 7) is -0.311. The summed E-state index contributed by atoms with van der Waals surface area (Å²) in [5.74, 6) is -2.25. The minimum absolute atomic E-state index is 0.180. The second-order valence-corrected chi connectivity index (χ2v) is 13.3. The Labute approximate surface area is 281 Å². The summed E-state index contributed by atoms with van der Waals surface area (Å²) in [5, 5.41) is 15.5. The number of rotatable bonds is 8. The van der Waals surface area contributed by atoms with Crippen LogP contribution >= 0.6 is 23.1 Å². The number of nitrogens with one attached hydrogen (secondary N) is 1. The number of carbonyl (C=O) groups excluding carboxylic acids is 3. The van der Waals surface area contributed by atoms with Crippen LogP contribution < -0.4 is 24.6 Å². The van der Waals surface area contributed by atoms with Crippen LogP contribution in [0.4, 0.5) is 17.1 Å². The highest BCUT2D eigenvalue weighted by Gasteiger charge is 2.57. The van der Waals surface area contributed by atoms with Crippen molar-refractivity contribution in [3.05, 3.63) is 115 Å². The lowest BCUT2D eigenvalue weighted by Gasteiger charge is -2.31. The van der Waals surface area contributed by atoms with Gasteiger partial charge in [-0.25, -0.2) is 4.90 Å². The van der Waals surface area contributed by atoms with Crippen molar-refractivity contribution in [1.29, 1.82) is 0 Å². The Morgan fingerprint density at radius 2 is 1.62 bits per heavy atom. The largest absolute Gasteiger partial charge is 0.493 e. The maximum atomic E-state index is 14.2. The molecule has 0 spiro atoms. The molecule has 1 N–H and O–H groups in total. The molecule has 242 valence electrons. The molecule has 0 aliphatic carbocycles. The SMILES string of the molecule is COc1ccc([C@H]2c3sc(=O)n(CC(=O)Nc4ccc5ccccc5c4)c3SC3C(=O)N(c4ccc([N+](=O)[O-])cc4)C(=O)C32)cc1OC. The molecule has 5 aromatic rings. The van der Waals surface area contributed by atoms with E-state index in [9.17, 15) is 29.3 Å². The van der Waals surface area contributed by atoms with E-state index in [1.165, 1.54) is 43.1 Å². The van der Waals surface area contributed by atoms with E-state index in [2.05, 4.69) is 5.32 Å². The van der Waals surface area contributed by atoms with E-state index in [4.69, 9.17) is 9.47 Å². The topological polar surface area (TPSA) is 150 Å². The van der Waals surface area contributed by atoms with E-state index >= 15 is 0 Å². The van der Waals surface area contributed by atoms with Gasteiger partial charge >= 0.3 is 4.87 Å². The van der Waals surface area contributed by atoms with Gasteiger partial charge in [-0.3, -0.25) is 33.9 Å². The van der Waals surface area contributed by atoms with Gasteiger partial charge in [0.25, 0.3) is 5.69 Å². The first-order valence-corrected chi connectivity index (χ1v) is 16.4. The van der Waals surface area contributed by atoms with Crippen LogP contribution in [0.5, 0.6) is 11.5 Å². The fourth-order valence-corrected chi connectivity index (χ4v) is 9.02. The molecule has 0 saturated carbocycles. The molecule has 4 aromatic carbocycles. The van der Waals surface area contributed by atoms with Crippen LogP contribution in [0.25, 0.3) is 10.8 Å². The molecule has 12 nitrogen and oxygen atoms in total. The molecule has 2 aliphatic rings. The number of benzene rings is 4. The minimum atomic E-state index is -0.943. The predicted molar refractivity (Wildman–Crippen MR) is 181 cm³/mol. The summed E-state index contributed by atoms with van der Waals surface area (Å²) in [7, 11) is 2.98. The zero-order valence-electron chi connectivity index (χ0n) is 25.4. The van der Waals surface area contributed by atoms with Gasteiger partial charge in [0.05, 0.1) is 35.8 Å². The molecule has 7 rings (SSSR count). The fraction of sp³-hybridized carbons (Fsp3) is 0.176. The number of thioether (sulfide) groups is 1. The molecule has 3 atom stereocenters. The number of thiazole rings is 1. The van der Waals surface area contributed by atoms with Crippen LogP contribution in [0.3, 0.4) is 0 Å². The number of nitro benzene ring substituents is 1. The Morgan fingerprint density at radius 3 is 2.33 bits per heavy atom. The quantitative estimate of drug-likeness (QED) is 0.129. The summed E-state index contributed by atoms with van der Waals surface area (Å²) in [6, 6.07) is 23.6. The number of methoxy groups -OCH3 is 2. The highest BCUT2D eigenvalue weighted by Crippen LogP contribution is 2.54. The molecule has 0 bridgehead atoms. The summed E-state index contributed by atoms with van der Waals surface area (Å²) >= 11 is 2.00. The van der Waals surface area contributed by atoms with E-state index in [-0.39, 0.29) is 17.9 Å². The van der Waals surface area contributed by atoms with Crippen molar-refractivity contribution in [1.82, 2.24) is 4.57 Å². The normalized spacial score (nSPS) is 18.4. The standard InChI is InChI=1S/C34H26N4O8S2/c1-45-24-14-8-20(16-25(24)46-2)27-28-29(32(41)37(31(28)40)22-10-12-23(13-11-22)38(43)44)47-33-30(27)48-34(42)36(33)17-26(39)35-21-9-7-18-5-3-4-6-19(18)15-21/h3-16,27-29H,17H2,1-2H3,(H,35,39)/t27-,28?,29?/m1/s1. The maximum absolute atomic E-state index is 14.2. The van der Waals surface area contributed by atoms with Gasteiger partial charge in [-0.1, -0.05) is 59.5 Å². The van der Waals surface area contributed by atoms with Crippen molar-refractivity contribution in [3.63, 3.8) is 0 Å². The third-order valence-corrected chi connectivity index (χ3v) is 11.1. The van der Waals surface area contributed by atoms with Crippen molar-refractivity contribution < 1.29 is 28.8 Å². The third kappa shape index (κ3) is 5.28. The van der Waals surface area contributed by atoms with E-state index in [0.717, 1.165) is 38.8 Å². The van der Waals surface area contributed by atoms with Crippen molar-refractivity contribution in [2.24, 2.45) is 5.92 Å². The van der Waals surface area contributed by atoms with Crippen LogP contribution in [-0.4, -0.2) is 46.7 Å². The van der Waals surface area contributed by atoms with Gasteiger partial charge in [-0.15, -0.1) is 0 Å². The summed E-state index contributed by atoms with van der Waals surface area (Å²) in [6.07, 6.45) is 0. The Balaban J connectivity index is 1.28. The minimum Gasteiger partial charge on any atom is -0.493 e. The summed E-state index contributed by atoms with van der Waals surface area (Å²) in [4.78, 5) is 66.9. The van der Waals surface area contributed by atoms with E-state index < -0.39 is 44.6 Å². The Morgan fingerprint density at radius 1 is 0.896 bits per heavy atom. The number of hydrogen-bond donors (Lipinski definition) is 1. The highest BCUT2D eigenvalue weighted by molar-refractivity contribution is 8.00.